The lowest BCUT2D eigenvalue weighted by Crippen LogP contribution is -2.45. The molecular weight excluding hydrogens is 258 g/mol. The third-order valence-corrected chi connectivity index (χ3v) is 3.04. The number of aromatic nitrogens is 1. The van der Waals surface area contributed by atoms with Crippen LogP contribution in [0, 0.1) is 0 Å². The molecule has 1 rings (SSSR count). The molecule has 1 heterocycles. The number of nitrogens with zero attached hydrogens (tertiary/aromatic N) is 2. The lowest BCUT2D eigenvalue weighted by molar-refractivity contribution is 0.195. The van der Waals surface area contributed by atoms with Gasteiger partial charge in [0, 0.05) is 11.7 Å². The average Bonchev–Trinajstić information content (AvgIpc) is 2.13. The molecule has 0 saturated carbocycles. The standard InChI is InChI=1S/C10H15N3O4S/c1-10(2,3)13(9(14)15)8-5-4-7(6-12-8)18(11,16)17/h4-6H,1-3H3,(H,14,15)(H2,11,16,17). The summed E-state index contributed by atoms with van der Waals surface area (Å²) in [5.74, 6) is 0.141. The molecule has 0 unspecified atom stereocenters. The topological polar surface area (TPSA) is 114 Å². The van der Waals surface area contributed by atoms with Gasteiger partial charge in [-0.25, -0.2) is 23.3 Å². The number of nitrogens with two attached hydrogens (primary N) is 1. The minimum absolute atomic E-state index is 0.141. The summed E-state index contributed by atoms with van der Waals surface area (Å²) in [4.78, 5) is 15.9. The molecule has 0 aliphatic rings. The Bertz CT molecular complexity index is 545. The van der Waals surface area contributed by atoms with Crippen LogP contribution in [0.15, 0.2) is 23.2 Å². The highest BCUT2D eigenvalue weighted by molar-refractivity contribution is 7.89. The highest BCUT2D eigenvalue weighted by atomic mass is 32.2. The zero-order valence-electron chi connectivity index (χ0n) is 10.3. The van der Waals surface area contributed by atoms with Crippen LogP contribution in [0.5, 0.6) is 0 Å². The molecule has 0 fully saturated rings. The monoisotopic (exact) mass is 273 g/mol. The minimum atomic E-state index is -3.83. The molecule has 8 heteroatoms. The SMILES string of the molecule is CC(C)(C)N(C(=O)O)c1ccc(S(N)(=O)=O)cn1. The van der Waals surface area contributed by atoms with E-state index in [1.165, 1.54) is 12.1 Å². The molecule has 0 spiro atoms. The molecular formula is C10H15N3O4S. The normalized spacial score (nSPS) is 12.2. The van der Waals surface area contributed by atoms with E-state index in [9.17, 15) is 13.2 Å². The molecule has 18 heavy (non-hydrogen) atoms. The van der Waals surface area contributed by atoms with Crippen molar-refractivity contribution in [1.29, 1.82) is 0 Å². The number of carboxylic acid groups (broad SMARTS) is 1. The Balaban J connectivity index is 3.22. The van der Waals surface area contributed by atoms with Gasteiger partial charge in [0.2, 0.25) is 10.0 Å². The van der Waals surface area contributed by atoms with Gasteiger partial charge in [0.15, 0.2) is 0 Å². The molecule has 0 aliphatic carbocycles. The first-order valence-electron chi connectivity index (χ1n) is 5.05. The summed E-state index contributed by atoms with van der Waals surface area (Å²) in [7, 11) is -3.83. The van der Waals surface area contributed by atoms with Gasteiger partial charge in [-0.05, 0) is 32.9 Å². The van der Waals surface area contributed by atoms with Crippen LogP contribution in [0.3, 0.4) is 0 Å². The number of rotatable bonds is 2. The van der Waals surface area contributed by atoms with Crippen LogP contribution >= 0.6 is 0 Å². The molecule has 3 N–H and O–H groups in total. The molecule has 0 atom stereocenters. The fourth-order valence-corrected chi connectivity index (χ4v) is 1.86. The second-order valence-corrected chi connectivity index (χ2v) is 6.25. The van der Waals surface area contributed by atoms with Crippen LogP contribution in [0.1, 0.15) is 20.8 Å². The Morgan fingerprint density at radius 2 is 1.94 bits per heavy atom. The lowest BCUT2D eigenvalue weighted by atomic mass is 10.1. The third kappa shape index (κ3) is 3.17. The summed E-state index contributed by atoms with van der Waals surface area (Å²) in [6, 6.07) is 2.53. The molecule has 0 saturated heterocycles. The van der Waals surface area contributed by atoms with E-state index in [-0.39, 0.29) is 10.7 Å². The predicted molar refractivity (Wildman–Crippen MR) is 65.9 cm³/mol. The Kier molecular flexibility index (Phi) is 3.63. The van der Waals surface area contributed by atoms with Gasteiger partial charge < -0.3 is 5.11 Å². The Morgan fingerprint density at radius 3 is 2.22 bits per heavy atom. The van der Waals surface area contributed by atoms with E-state index in [0.29, 0.717) is 0 Å². The zero-order chi connectivity index (χ0) is 14.1. The van der Waals surface area contributed by atoms with Crippen LogP contribution in [0.25, 0.3) is 0 Å². The van der Waals surface area contributed by atoms with Gasteiger partial charge in [-0.1, -0.05) is 0 Å². The van der Waals surface area contributed by atoms with Crippen molar-refractivity contribution >= 4 is 21.9 Å². The van der Waals surface area contributed by atoms with Crippen LogP contribution in [-0.4, -0.2) is 30.1 Å². The third-order valence-electron chi connectivity index (χ3n) is 2.14. The summed E-state index contributed by atoms with van der Waals surface area (Å²) >= 11 is 0. The van der Waals surface area contributed by atoms with Gasteiger partial charge in [0.25, 0.3) is 0 Å². The van der Waals surface area contributed by atoms with E-state index in [0.717, 1.165) is 11.1 Å². The van der Waals surface area contributed by atoms with E-state index >= 15 is 0 Å². The van der Waals surface area contributed by atoms with Gasteiger partial charge in [0.05, 0.1) is 0 Å². The lowest BCUT2D eigenvalue weighted by Gasteiger charge is -2.32. The molecule has 0 bridgehead atoms. The van der Waals surface area contributed by atoms with Gasteiger partial charge in [-0.15, -0.1) is 0 Å². The minimum Gasteiger partial charge on any atom is -0.465 e. The van der Waals surface area contributed by atoms with Crippen molar-refractivity contribution in [3.63, 3.8) is 0 Å². The fourth-order valence-electron chi connectivity index (χ4n) is 1.40. The van der Waals surface area contributed by atoms with Crippen molar-refractivity contribution in [2.24, 2.45) is 5.14 Å². The largest absolute Gasteiger partial charge is 0.465 e. The number of carbonyl (C=O) groups is 1. The van der Waals surface area contributed by atoms with Crippen molar-refractivity contribution < 1.29 is 18.3 Å². The number of sulfonamides is 1. The van der Waals surface area contributed by atoms with Gasteiger partial charge in [-0.2, -0.15) is 0 Å². The second kappa shape index (κ2) is 4.54. The molecule has 1 amide bonds. The van der Waals surface area contributed by atoms with E-state index < -0.39 is 21.7 Å². The summed E-state index contributed by atoms with van der Waals surface area (Å²) in [5.41, 5.74) is -0.693. The van der Waals surface area contributed by atoms with Crippen molar-refractivity contribution in [2.45, 2.75) is 31.2 Å². The van der Waals surface area contributed by atoms with Gasteiger partial charge >= 0.3 is 6.09 Å². The Hall–Kier alpha value is -1.67. The highest BCUT2D eigenvalue weighted by Gasteiger charge is 2.29. The first-order valence-corrected chi connectivity index (χ1v) is 6.60. The molecule has 100 valence electrons. The molecule has 0 aliphatic heterocycles. The number of hydrogen-bond donors (Lipinski definition) is 2. The fraction of sp³-hybridized carbons (Fsp3) is 0.400. The number of anilines is 1. The van der Waals surface area contributed by atoms with Crippen LogP contribution in [0.2, 0.25) is 0 Å². The quantitative estimate of drug-likeness (QED) is 0.834. The number of hydrogen-bond acceptors (Lipinski definition) is 4. The number of amides is 1. The van der Waals surface area contributed by atoms with E-state index in [1.807, 2.05) is 0 Å². The smallest absolute Gasteiger partial charge is 0.413 e. The van der Waals surface area contributed by atoms with Crippen LogP contribution in [0.4, 0.5) is 10.6 Å². The number of primary sulfonamides is 1. The van der Waals surface area contributed by atoms with E-state index in [1.54, 1.807) is 20.8 Å². The van der Waals surface area contributed by atoms with Gasteiger partial charge in [0.1, 0.15) is 10.7 Å². The maximum absolute atomic E-state index is 11.2. The molecule has 0 aromatic carbocycles. The molecule has 1 aromatic heterocycles. The summed E-state index contributed by atoms with van der Waals surface area (Å²) < 4.78 is 22.1. The van der Waals surface area contributed by atoms with Crippen molar-refractivity contribution in [1.82, 2.24) is 4.98 Å². The van der Waals surface area contributed by atoms with Crippen molar-refractivity contribution in [2.75, 3.05) is 4.90 Å². The summed E-state index contributed by atoms with van der Waals surface area (Å²) in [5, 5.41) is 14.1. The molecule has 1 aromatic rings. The maximum Gasteiger partial charge on any atom is 0.413 e. The first-order chi connectivity index (χ1) is 8.03. The Morgan fingerprint density at radius 1 is 1.39 bits per heavy atom. The van der Waals surface area contributed by atoms with Crippen molar-refractivity contribution in [3.8, 4) is 0 Å². The maximum atomic E-state index is 11.2. The number of pyridine rings is 1. The first kappa shape index (κ1) is 14.4. The van der Waals surface area contributed by atoms with E-state index in [2.05, 4.69) is 4.98 Å². The summed E-state index contributed by atoms with van der Waals surface area (Å²) in [6.07, 6.45) is -0.134. The second-order valence-electron chi connectivity index (χ2n) is 4.69. The van der Waals surface area contributed by atoms with Crippen molar-refractivity contribution in [3.05, 3.63) is 18.3 Å². The molecule has 0 radical (unpaired) electrons. The average molecular weight is 273 g/mol. The van der Waals surface area contributed by atoms with E-state index in [4.69, 9.17) is 10.2 Å². The van der Waals surface area contributed by atoms with Gasteiger partial charge in [-0.3, -0.25) is 4.90 Å². The predicted octanol–water partition coefficient (Wildman–Crippen LogP) is 1.01. The van der Waals surface area contributed by atoms with Crippen LogP contribution in [-0.2, 0) is 10.0 Å². The zero-order valence-corrected chi connectivity index (χ0v) is 11.1. The molecule has 7 nitrogen and oxygen atoms in total. The summed E-state index contributed by atoms with van der Waals surface area (Å²) in [6.45, 7) is 5.11. The Labute approximate surface area is 105 Å². The highest BCUT2D eigenvalue weighted by Crippen LogP contribution is 2.22. The van der Waals surface area contributed by atoms with Crippen LogP contribution < -0.4 is 10.0 Å².